The molecule has 25 heavy (non-hydrogen) atoms. The number of nitrogens with zero attached hydrogens (tertiary/aromatic N) is 2. The smallest absolute Gasteiger partial charge is 0.270 e. The van der Waals surface area contributed by atoms with Crippen LogP contribution in [-0.4, -0.2) is 15.9 Å². The van der Waals surface area contributed by atoms with E-state index in [1.54, 1.807) is 48.9 Å². The molecule has 0 aliphatic heterocycles. The van der Waals surface area contributed by atoms with Crippen LogP contribution >= 0.6 is 23.2 Å². The summed E-state index contributed by atoms with van der Waals surface area (Å²) in [5, 5.41) is 7.06. The van der Waals surface area contributed by atoms with Gasteiger partial charge in [0.25, 0.3) is 5.91 Å². The number of anilines is 2. The number of nitrogens with one attached hydrogen (secondary N) is 2. The Morgan fingerprint density at radius 3 is 2.60 bits per heavy atom. The standard InChI is InChI=1S/C18H14Cl2N4O/c19-13-1-2-15(20)16(9-13)24-14-5-8-22-17(10-14)18(25)23-11-12-3-6-21-7-4-12/h1-10H,11H2,(H,22,24)(H,23,25). The Hall–Kier alpha value is -2.63. The molecule has 2 heterocycles. The number of carbonyl (C=O) groups is 1. The van der Waals surface area contributed by atoms with Gasteiger partial charge >= 0.3 is 0 Å². The molecule has 0 fully saturated rings. The van der Waals surface area contributed by atoms with Crippen LogP contribution < -0.4 is 10.6 Å². The van der Waals surface area contributed by atoms with Gasteiger partial charge in [0, 0.05) is 35.8 Å². The molecule has 0 saturated carbocycles. The van der Waals surface area contributed by atoms with Crippen molar-refractivity contribution in [3.05, 3.63) is 82.4 Å². The predicted octanol–water partition coefficient (Wildman–Crippen LogP) is 4.46. The maximum atomic E-state index is 12.3. The minimum Gasteiger partial charge on any atom is -0.354 e. The number of amides is 1. The van der Waals surface area contributed by atoms with E-state index in [9.17, 15) is 4.79 Å². The van der Waals surface area contributed by atoms with Crippen LogP contribution in [-0.2, 0) is 6.54 Å². The molecular weight excluding hydrogens is 359 g/mol. The van der Waals surface area contributed by atoms with Crippen LogP contribution in [0.5, 0.6) is 0 Å². The second-order valence-electron chi connectivity index (χ2n) is 5.22. The normalized spacial score (nSPS) is 10.3. The Balaban J connectivity index is 1.70. The van der Waals surface area contributed by atoms with Gasteiger partial charge in [-0.15, -0.1) is 0 Å². The first-order valence-electron chi connectivity index (χ1n) is 7.47. The van der Waals surface area contributed by atoms with Crippen LogP contribution in [0.3, 0.4) is 0 Å². The molecule has 1 aromatic carbocycles. The summed E-state index contributed by atoms with van der Waals surface area (Å²) in [6, 6.07) is 12.2. The highest BCUT2D eigenvalue weighted by Gasteiger charge is 2.09. The molecule has 3 aromatic rings. The maximum absolute atomic E-state index is 12.3. The van der Waals surface area contributed by atoms with Crippen molar-refractivity contribution in [3.63, 3.8) is 0 Å². The Bertz CT molecular complexity index is 887. The van der Waals surface area contributed by atoms with E-state index in [1.807, 2.05) is 12.1 Å². The lowest BCUT2D eigenvalue weighted by Crippen LogP contribution is -2.23. The van der Waals surface area contributed by atoms with Crippen molar-refractivity contribution in [2.24, 2.45) is 0 Å². The molecule has 126 valence electrons. The van der Waals surface area contributed by atoms with Gasteiger partial charge < -0.3 is 10.6 Å². The first-order chi connectivity index (χ1) is 12.1. The molecule has 0 saturated heterocycles. The number of hydrogen-bond acceptors (Lipinski definition) is 4. The van der Waals surface area contributed by atoms with Gasteiger partial charge in [-0.3, -0.25) is 14.8 Å². The Morgan fingerprint density at radius 2 is 1.80 bits per heavy atom. The van der Waals surface area contributed by atoms with Crippen molar-refractivity contribution in [2.75, 3.05) is 5.32 Å². The van der Waals surface area contributed by atoms with Crippen LogP contribution in [0.2, 0.25) is 10.0 Å². The van der Waals surface area contributed by atoms with Gasteiger partial charge in [-0.25, -0.2) is 0 Å². The Labute approximate surface area is 155 Å². The van der Waals surface area contributed by atoms with Gasteiger partial charge in [-0.1, -0.05) is 23.2 Å². The van der Waals surface area contributed by atoms with Gasteiger partial charge in [0.2, 0.25) is 0 Å². The molecule has 3 rings (SSSR count). The summed E-state index contributed by atoms with van der Waals surface area (Å²) in [6.07, 6.45) is 4.92. The number of carbonyl (C=O) groups excluding carboxylic acids is 1. The van der Waals surface area contributed by atoms with Crippen LogP contribution in [0.1, 0.15) is 16.1 Å². The van der Waals surface area contributed by atoms with E-state index >= 15 is 0 Å². The van der Waals surface area contributed by atoms with Gasteiger partial charge in [0.15, 0.2) is 0 Å². The summed E-state index contributed by atoms with van der Waals surface area (Å²) in [5.41, 5.74) is 2.61. The first kappa shape index (κ1) is 17.2. The molecule has 0 unspecified atom stereocenters. The van der Waals surface area contributed by atoms with E-state index in [-0.39, 0.29) is 5.91 Å². The lowest BCUT2D eigenvalue weighted by molar-refractivity contribution is 0.0946. The van der Waals surface area contributed by atoms with E-state index in [0.29, 0.717) is 33.7 Å². The van der Waals surface area contributed by atoms with Crippen molar-refractivity contribution >= 4 is 40.5 Å². The molecule has 0 spiro atoms. The van der Waals surface area contributed by atoms with Crippen molar-refractivity contribution in [3.8, 4) is 0 Å². The highest BCUT2D eigenvalue weighted by molar-refractivity contribution is 6.35. The average molecular weight is 373 g/mol. The second-order valence-corrected chi connectivity index (χ2v) is 6.06. The lowest BCUT2D eigenvalue weighted by Gasteiger charge is -2.10. The summed E-state index contributed by atoms with van der Waals surface area (Å²) in [6.45, 7) is 0.404. The summed E-state index contributed by atoms with van der Waals surface area (Å²) in [7, 11) is 0. The summed E-state index contributed by atoms with van der Waals surface area (Å²) in [5.74, 6) is -0.266. The third-order valence-electron chi connectivity index (χ3n) is 3.40. The van der Waals surface area contributed by atoms with Gasteiger partial charge in [0.05, 0.1) is 10.7 Å². The zero-order chi connectivity index (χ0) is 17.6. The fourth-order valence-electron chi connectivity index (χ4n) is 2.15. The quantitative estimate of drug-likeness (QED) is 0.693. The highest BCUT2D eigenvalue weighted by Crippen LogP contribution is 2.28. The third kappa shape index (κ3) is 4.68. The fourth-order valence-corrected chi connectivity index (χ4v) is 2.49. The summed E-state index contributed by atoms with van der Waals surface area (Å²) >= 11 is 12.1. The largest absolute Gasteiger partial charge is 0.354 e. The number of pyridine rings is 2. The van der Waals surface area contributed by atoms with Crippen molar-refractivity contribution < 1.29 is 4.79 Å². The van der Waals surface area contributed by atoms with Gasteiger partial charge in [-0.05, 0) is 48.0 Å². The first-order valence-corrected chi connectivity index (χ1v) is 8.22. The minimum atomic E-state index is -0.266. The molecule has 0 atom stereocenters. The van der Waals surface area contributed by atoms with Gasteiger partial charge in [-0.2, -0.15) is 0 Å². The fraction of sp³-hybridized carbons (Fsp3) is 0.0556. The minimum absolute atomic E-state index is 0.266. The Kier molecular flexibility index (Phi) is 5.48. The Morgan fingerprint density at radius 1 is 1.00 bits per heavy atom. The molecule has 0 aliphatic carbocycles. The number of benzene rings is 1. The molecule has 7 heteroatoms. The van der Waals surface area contributed by atoms with Crippen LogP contribution in [0.25, 0.3) is 0 Å². The highest BCUT2D eigenvalue weighted by atomic mass is 35.5. The number of rotatable bonds is 5. The third-order valence-corrected chi connectivity index (χ3v) is 3.97. The second kappa shape index (κ2) is 7.96. The topological polar surface area (TPSA) is 66.9 Å². The molecule has 0 bridgehead atoms. The SMILES string of the molecule is O=C(NCc1ccncc1)c1cc(Nc2cc(Cl)ccc2Cl)ccn1. The van der Waals surface area contributed by atoms with Crippen LogP contribution in [0, 0.1) is 0 Å². The molecule has 1 amide bonds. The summed E-state index contributed by atoms with van der Waals surface area (Å²) < 4.78 is 0. The van der Waals surface area contributed by atoms with E-state index in [2.05, 4.69) is 20.6 Å². The van der Waals surface area contributed by atoms with E-state index in [4.69, 9.17) is 23.2 Å². The number of hydrogen-bond donors (Lipinski definition) is 2. The number of aromatic nitrogens is 2. The molecule has 0 radical (unpaired) electrons. The van der Waals surface area contributed by atoms with Crippen LogP contribution in [0.15, 0.2) is 61.1 Å². The van der Waals surface area contributed by atoms with Crippen molar-refractivity contribution in [1.82, 2.24) is 15.3 Å². The molecule has 5 nitrogen and oxygen atoms in total. The molecule has 2 N–H and O–H groups in total. The maximum Gasteiger partial charge on any atom is 0.270 e. The average Bonchev–Trinajstić information content (AvgIpc) is 2.64. The molecule has 0 aliphatic rings. The van der Waals surface area contributed by atoms with Crippen molar-refractivity contribution in [1.29, 1.82) is 0 Å². The van der Waals surface area contributed by atoms with E-state index < -0.39 is 0 Å². The van der Waals surface area contributed by atoms with E-state index in [1.165, 1.54) is 0 Å². The molecular formula is C18H14Cl2N4O. The number of halogens is 2. The zero-order valence-corrected chi connectivity index (χ0v) is 14.6. The molecule has 2 aromatic heterocycles. The summed E-state index contributed by atoms with van der Waals surface area (Å²) in [4.78, 5) is 20.3. The van der Waals surface area contributed by atoms with Crippen LogP contribution in [0.4, 0.5) is 11.4 Å². The monoisotopic (exact) mass is 372 g/mol. The van der Waals surface area contributed by atoms with Gasteiger partial charge in [0.1, 0.15) is 5.69 Å². The van der Waals surface area contributed by atoms with Crippen molar-refractivity contribution in [2.45, 2.75) is 6.54 Å². The van der Waals surface area contributed by atoms with E-state index in [0.717, 1.165) is 5.56 Å². The zero-order valence-electron chi connectivity index (χ0n) is 13.0. The lowest BCUT2D eigenvalue weighted by atomic mass is 10.2. The predicted molar refractivity (Wildman–Crippen MR) is 99.4 cm³/mol.